The van der Waals surface area contributed by atoms with E-state index in [1.165, 1.54) is 106 Å². The summed E-state index contributed by atoms with van der Waals surface area (Å²) in [5, 5.41) is 2.55. The first-order chi connectivity index (χ1) is 25.7. The van der Waals surface area contributed by atoms with E-state index in [0.29, 0.717) is 0 Å². The molecule has 0 aliphatic heterocycles. The van der Waals surface area contributed by atoms with Crippen LogP contribution in [0.4, 0.5) is 17.1 Å². The summed E-state index contributed by atoms with van der Waals surface area (Å²) in [5.74, 6) is 3.36. The van der Waals surface area contributed by atoms with Crippen LogP contribution in [-0.4, -0.2) is 0 Å². The van der Waals surface area contributed by atoms with Crippen LogP contribution in [0, 0.1) is 23.7 Å². The maximum absolute atomic E-state index is 2.63. The van der Waals surface area contributed by atoms with Crippen LogP contribution in [0.25, 0.3) is 33.0 Å². The van der Waals surface area contributed by atoms with E-state index in [2.05, 4.69) is 160 Å². The van der Waals surface area contributed by atoms with Crippen LogP contribution in [-0.2, 0) is 16.2 Å². The van der Waals surface area contributed by atoms with Crippen molar-refractivity contribution in [1.29, 1.82) is 0 Å². The standard InChI is InChI=1S/C52H51N/c1-50(2)23-24-51(3,4)49-31-38(16-22-47(49)50)36-13-17-41(18-14-36)53(42-19-15-35-9-5-6-10-37(35)30-42)43-20-21-45-44-11-7-8-12-46(44)52(48(45)32-43)39-26-33-25-34(28-39)29-40(52)27-33/h5-22,30-34,39-40H,23-29H2,1-4H3. The maximum atomic E-state index is 2.63. The molecule has 0 amide bonds. The Morgan fingerprint density at radius 1 is 0.434 bits per heavy atom. The van der Waals surface area contributed by atoms with Gasteiger partial charge in [-0.15, -0.1) is 0 Å². The Kier molecular flexibility index (Phi) is 6.74. The first-order valence-corrected chi connectivity index (χ1v) is 20.5. The molecule has 0 atom stereocenters. The van der Waals surface area contributed by atoms with E-state index < -0.39 is 0 Å². The van der Waals surface area contributed by atoms with E-state index in [4.69, 9.17) is 0 Å². The zero-order valence-corrected chi connectivity index (χ0v) is 31.8. The van der Waals surface area contributed by atoms with E-state index in [0.717, 1.165) is 23.7 Å². The second kappa shape index (κ2) is 11.2. The molecule has 6 aromatic rings. The molecule has 12 rings (SSSR count). The van der Waals surface area contributed by atoms with E-state index in [1.54, 1.807) is 11.1 Å². The highest BCUT2D eigenvalue weighted by molar-refractivity contribution is 5.91. The van der Waals surface area contributed by atoms with Crippen molar-refractivity contribution < 1.29 is 0 Å². The largest absolute Gasteiger partial charge is 0.310 e. The molecule has 1 heteroatoms. The number of anilines is 3. The number of hydrogen-bond acceptors (Lipinski definition) is 1. The van der Waals surface area contributed by atoms with Crippen LogP contribution in [0.2, 0.25) is 0 Å². The lowest BCUT2D eigenvalue weighted by atomic mass is 9.43. The molecule has 53 heavy (non-hydrogen) atoms. The Hall–Kier alpha value is -4.62. The van der Waals surface area contributed by atoms with Gasteiger partial charge in [-0.25, -0.2) is 0 Å². The quantitative estimate of drug-likeness (QED) is 0.178. The minimum absolute atomic E-state index is 0.142. The summed E-state index contributed by atoms with van der Waals surface area (Å²) in [6, 6.07) is 49.5. The fourth-order valence-electron chi connectivity index (χ4n) is 12.6. The second-order valence-electron chi connectivity index (χ2n) is 18.9. The van der Waals surface area contributed by atoms with Crippen LogP contribution in [0.15, 0.2) is 127 Å². The molecule has 264 valence electrons. The summed E-state index contributed by atoms with van der Waals surface area (Å²) in [5.41, 5.74) is 16.1. The molecule has 1 nitrogen and oxygen atoms in total. The predicted octanol–water partition coefficient (Wildman–Crippen LogP) is 14.0. The fourth-order valence-corrected chi connectivity index (χ4v) is 12.6. The summed E-state index contributed by atoms with van der Waals surface area (Å²) in [6.45, 7) is 9.69. The molecule has 6 aromatic carbocycles. The van der Waals surface area contributed by atoms with Crippen molar-refractivity contribution in [3.63, 3.8) is 0 Å². The van der Waals surface area contributed by atoms with Crippen LogP contribution in [0.1, 0.15) is 94.9 Å². The third-order valence-electron chi connectivity index (χ3n) is 15.1. The SMILES string of the molecule is CC1(C)CCC(C)(C)c2cc(-c3ccc(N(c4ccc5c(c4)C4(c6ccccc6-5)C5CC6CC(C5)CC4C6)c4ccc5ccccc5c4)cc3)ccc21. The number of benzene rings is 6. The van der Waals surface area contributed by atoms with Gasteiger partial charge in [0.1, 0.15) is 0 Å². The molecule has 0 unspecified atom stereocenters. The topological polar surface area (TPSA) is 3.24 Å². The third kappa shape index (κ3) is 4.62. The summed E-state index contributed by atoms with van der Waals surface area (Å²) < 4.78 is 0. The lowest BCUT2D eigenvalue weighted by molar-refractivity contribution is -0.0399. The number of nitrogens with zero attached hydrogens (tertiary/aromatic N) is 1. The van der Waals surface area contributed by atoms with E-state index in [9.17, 15) is 0 Å². The molecule has 4 bridgehead atoms. The minimum atomic E-state index is 0.142. The Labute approximate surface area is 316 Å². The van der Waals surface area contributed by atoms with Crippen LogP contribution >= 0.6 is 0 Å². The van der Waals surface area contributed by atoms with E-state index >= 15 is 0 Å². The van der Waals surface area contributed by atoms with Gasteiger partial charge in [-0.1, -0.05) is 119 Å². The minimum Gasteiger partial charge on any atom is -0.310 e. The molecular weight excluding hydrogens is 639 g/mol. The molecule has 4 fully saturated rings. The lowest BCUT2D eigenvalue weighted by Crippen LogP contribution is -2.55. The molecule has 6 aliphatic carbocycles. The highest BCUT2D eigenvalue weighted by Crippen LogP contribution is 2.69. The summed E-state index contributed by atoms with van der Waals surface area (Å²) in [4.78, 5) is 2.53. The van der Waals surface area contributed by atoms with Gasteiger partial charge in [-0.2, -0.15) is 0 Å². The van der Waals surface area contributed by atoms with Gasteiger partial charge in [-0.05, 0) is 171 Å². The van der Waals surface area contributed by atoms with Crippen molar-refractivity contribution in [3.8, 4) is 22.3 Å². The summed E-state index contributed by atoms with van der Waals surface area (Å²) >= 11 is 0. The van der Waals surface area contributed by atoms with Crippen molar-refractivity contribution in [2.75, 3.05) is 4.90 Å². The van der Waals surface area contributed by atoms with E-state index in [1.807, 2.05) is 0 Å². The first kappa shape index (κ1) is 31.9. The lowest BCUT2D eigenvalue weighted by Gasteiger charge is -2.61. The molecule has 0 aromatic heterocycles. The van der Waals surface area contributed by atoms with Gasteiger partial charge in [0.25, 0.3) is 0 Å². The van der Waals surface area contributed by atoms with Gasteiger partial charge < -0.3 is 4.90 Å². The smallest absolute Gasteiger partial charge is 0.0468 e. The normalized spacial score (nSPS) is 26.7. The molecule has 0 N–H and O–H groups in total. The van der Waals surface area contributed by atoms with Gasteiger partial charge in [0, 0.05) is 22.5 Å². The van der Waals surface area contributed by atoms with Crippen molar-refractivity contribution in [3.05, 3.63) is 150 Å². The molecule has 6 aliphatic rings. The molecule has 0 saturated heterocycles. The summed E-state index contributed by atoms with van der Waals surface area (Å²) in [6.07, 6.45) is 9.55. The van der Waals surface area contributed by atoms with Gasteiger partial charge in [0.05, 0.1) is 0 Å². The number of hydrogen-bond donors (Lipinski definition) is 0. The molecular formula is C52H51N. The van der Waals surface area contributed by atoms with Crippen LogP contribution in [0.5, 0.6) is 0 Å². The summed E-state index contributed by atoms with van der Waals surface area (Å²) in [7, 11) is 0. The highest BCUT2D eigenvalue weighted by Gasteiger charge is 2.61. The van der Waals surface area contributed by atoms with Crippen molar-refractivity contribution in [2.24, 2.45) is 23.7 Å². The van der Waals surface area contributed by atoms with Gasteiger partial charge in [-0.3, -0.25) is 0 Å². The average molecular weight is 690 g/mol. The molecule has 0 radical (unpaired) electrons. The zero-order chi connectivity index (χ0) is 35.7. The fraction of sp³-hybridized carbons (Fsp3) is 0.346. The average Bonchev–Trinajstić information content (AvgIpc) is 3.46. The Bertz CT molecular complexity index is 2400. The molecule has 1 spiro atoms. The Morgan fingerprint density at radius 2 is 1.02 bits per heavy atom. The van der Waals surface area contributed by atoms with Crippen molar-refractivity contribution in [1.82, 2.24) is 0 Å². The number of fused-ring (bicyclic) bond motifs is 5. The monoisotopic (exact) mass is 689 g/mol. The zero-order valence-electron chi connectivity index (χ0n) is 31.8. The maximum Gasteiger partial charge on any atom is 0.0468 e. The van der Waals surface area contributed by atoms with Gasteiger partial charge >= 0.3 is 0 Å². The number of rotatable bonds is 4. The second-order valence-corrected chi connectivity index (χ2v) is 18.9. The van der Waals surface area contributed by atoms with Crippen LogP contribution < -0.4 is 4.90 Å². The Morgan fingerprint density at radius 3 is 1.77 bits per heavy atom. The van der Waals surface area contributed by atoms with Crippen molar-refractivity contribution >= 4 is 27.8 Å². The molecule has 0 heterocycles. The van der Waals surface area contributed by atoms with Crippen LogP contribution in [0.3, 0.4) is 0 Å². The van der Waals surface area contributed by atoms with Crippen molar-refractivity contribution in [2.45, 2.75) is 88.9 Å². The van der Waals surface area contributed by atoms with E-state index in [-0.39, 0.29) is 16.2 Å². The van der Waals surface area contributed by atoms with Gasteiger partial charge in [0.15, 0.2) is 0 Å². The molecule has 4 saturated carbocycles. The Balaban J connectivity index is 1.05. The highest BCUT2D eigenvalue weighted by atomic mass is 15.1. The van der Waals surface area contributed by atoms with Gasteiger partial charge in [0.2, 0.25) is 0 Å². The third-order valence-corrected chi connectivity index (χ3v) is 15.1. The first-order valence-electron chi connectivity index (χ1n) is 20.5. The predicted molar refractivity (Wildman–Crippen MR) is 223 cm³/mol.